The van der Waals surface area contributed by atoms with Crippen molar-refractivity contribution in [1.82, 2.24) is 0 Å². The molecule has 0 N–H and O–H groups in total. The van der Waals surface area contributed by atoms with E-state index in [0.717, 1.165) is 36.8 Å². The van der Waals surface area contributed by atoms with E-state index < -0.39 is 5.92 Å². The van der Waals surface area contributed by atoms with Gasteiger partial charge in [-0.15, -0.1) is 0 Å². The molecular weight excluding hydrogens is 270 g/mol. The zero-order valence-electron chi connectivity index (χ0n) is 12.3. The van der Waals surface area contributed by atoms with Crippen molar-refractivity contribution >= 4 is 17.2 Å². The van der Waals surface area contributed by atoms with Gasteiger partial charge < -0.3 is 4.74 Å². The van der Waals surface area contributed by atoms with Crippen LogP contribution >= 0.6 is 0 Å². The summed E-state index contributed by atoms with van der Waals surface area (Å²) in [5.41, 5.74) is 2.48. The summed E-state index contributed by atoms with van der Waals surface area (Å²) in [6, 6.07) is 4.88. The van der Waals surface area contributed by atoms with Crippen molar-refractivity contribution in [1.29, 1.82) is 0 Å². The van der Waals surface area contributed by atoms with Gasteiger partial charge in [-0.05, 0) is 49.8 Å². The van der Waals surface area contributed by atoms with Crippen LogP contribution in [0.3, 0.4) is 0 Å². The number of methoxy groups -OCH3 is 1. The number of allylic oxidation sites excluding steroid dienone is 2. The largest absolute Gasteiger partial charge is 0.469 e. The minimum atomic E-state index is -0.432. The first-order chi connectivity index (χ1) is 10.0. The van der Waals surface area contributed by atoms with Gasteiger partial charge in [-0.2, -0.15) is 0 Å². The van der Waals surface area contributed by atoms with E-state index >= 15 is 0 Å². The third kappa shape index (κ3) is 3.29. The van der Waals surface area contributed by atoms with Crippen molar-refractivity contribution < 1.29 is 14.5 Å². The van der Waals surface area contributed by atoms with Gasteiger partial charge >= 0.3 is 5.97 Å². The maximum absolute atomic E-state index is 11.6. The molecule has 1 atom stereocenters. The summed E-state index contributed by atoms with van der Waals surface area (Å²) in [7, 11) is 1.34. The lowest BCUT2D eigenvalue weighted by atomic mass is 9.89. The van der Waals surface area contributed by atoms with Gasteiger partial charge in [-0.3, -0.25) is 14.9 Å². The summed E-state index contributed by atoms with van der Waals surface area (Å²) >= 11 is 0. The molecule has 1 unspecified atom stereocenters. The van der Waals surface area contributed by atoms with Crippen LogP contribution in [0.15, 0.2) is 24.3 Å². The molecule has 0 heterocycles. The number of nitro benzene ring substituents is 1. The van der Waals surface area contributed by atoms with Gasteiger partial charge in [0.15, 0.2) is 0 Å². The Morgan fingerprint density at radius 3 is 2.71 bits per heavy atom. The SMILES string of the molecule is COC(=O)C(C)c1ccc([N+](=O)[O-])c(C2=CCCCC2)c1. The zero-order chi connectivity index (χ0) is 15.4. The predicted octanol–water partition coefficient (Wildman–Crippen LogP) is 3.83. The fourth-order valence-corrected chi connectivity index (χ4v) is 2.64. The Hall–Kier alpha value is -2.17. The van der Waals surface area contributed by atoms with Crippen LogP contribution < -0.4 is 0 Å². The average molecular weight is 289 g/mol. The van der Waals surface area contributed by atoms with Gasteiger partial charge in [-0.1, -0.05) is 12.1 Å². The molecule has 2 rings (SSSR count). The highest BCUT2D eigenvalue weighted by Gasteiger charge is 2.22. The molecule has 5 nitrogen and oxygen atoms in total. The maximum Gasteiger partial charge on any atom is 0.312 e. The van der Waals surface area contributed by atoms with Gasteiger partial charge in [-0.25, -0.2) is 0 Å². The van der Waals surface area contributed by atoms with Crippen molar-refractivity contribution in [3.63, 3.8) is 0 Å². The van der Waals surface area contributed by atoms with Crippen LogP contribution in [0, 0.1) is 10.1 Å². The number of benzene rings is 1. The van der Waals surface area contributed by atoms with E-state index in [1.165, 1.54) is 13.2 Å². The Balaban J connectivity index is 2.46. The topological polar surface area (TPSA) is 69.4 Å². The molecule has 1 aromatic carbocycles. The molecule has 1 aliphatic rings. The minimum absolute atomic E-state index is 0.101. The minimum Gasteiger partial charge on any atom is -0.469 e. The second-order valence-corrected chi connectivity index (χ2v) is 5.25. The Bertz CT molecular complexity index is 592. The van der Waals surface area contributed by atoms with Crippen LogP contribution in [-0.2, 0) is 9.53 Å². The summed E-state index contributed by atoms with van der Waals surface area (Å²) < 4.78 is 4.74. The smallest absolute Gasteiger partial charge is 0.312 e. The number of rotatable bonds is 4. The number of hydrogen-bond donors (Lipinski definition) is 0. The number of carbonyl (C=O) groups excluding carboxylic acids is 1. The Morgan fingerprint density at radius 2 is 2.14 bits per heavy atom. The molecule has 5 heteroatoms. The normalized spacial score (nSPS) is 16.0. The number of nitrogens with zero attached hydrogens (tertiary/aromatic N) is 1. The average Bonchev–Trinajstić information content (AvgIpc) is 2.53. The second kappa shape index (κ2) is 6.52. The summed E-state index contributed by atoms with van der Waals surface area (Å²) in [4.78, 5) is 22.5. The number of hydrogen-bond acceptors (Lipinski definition) is 4. The van der Waals surface area contributed by atoms with Crippen LogP contribution in [-0.4, -0.2) is 18.0 Å². The van der Waals surface area contributed by atoms with Crippen molar-refractivity contribution in [2.75, 3.05) is 7.11 Å². The summed E-state index contributed by atoms with van der Waals surface area (Å²) in [5.74, 6) is -0.772. The van der Waals surface area contributed by atoms with E-state index in [2.05, 4.69) is 6.08 Å². The van der Waals surface area contributed by atoms with E-state index in [1.807, 2.05) is 0 Å². The monoisotopic (exact) mass is 289 g/mol. The molecule has 112 valence electrons. The van der Waals surface area contributed by atoms with Gasteiger partial charge in [0.25, 0.3) is 5.69 Å². The summed E-state index contributed by atoms with van der Waals surface area (Å²) in [5, 5.41) is 11.2. The zero-order valence-corrected chi connectivity index (χ0v) is 12.3. The van der Waals surface area contributed by atoms with E-state index in [-0.39, 0.29) is 16.6 Å². The molecule has 0 saturated heterocycles. The Morgan fingerprint density at radius 1 is 1.38 bits per heavy atom. The molecule has 0 bridgehead atoms. The summed E-state index contributed by atoms with van der Waals surface area (Å²) in [6.07, 6.45) is 6.02. The van der Waals surface area contributed by atoms with Crippen molar-refractivity contribution in [3.8, 4) is 0 Å². The van der Waals surface area contributed by atoms with Gasteiger partial charge in [0, 0.05) is 6.07 Å². The van der Waals surface area contributed by atoms with E-state index in [4.69, 9.17) is 4.74 Å². The first-order valence-electron chi connectivity index (χ1n) is 7.10. The Kier molecular flexibility index (Phi) is 4.73. The van der Waals surface area contributed by atoms with Crippen LogP contribution in [0.4, 0.5) is 5.69 Å². The molecule has 1 aliphatic carbocycles. The van der Waals surface area contributed by atoms with E-state index in [0.29, 0.717) is 5.56 Å². The lowest BCUT2D eigenvalue weighted by molar-refractivity contribution is -0.385. The van der Waals surface area contributed by atoms with Gasteiger partial charge in [0.2, 0.25) is 0 Å². The van der Waals surface area contributed by atoms with E-state index in [1.54, 1.807) is 19.1 Å². The first kappa shape index (κ1) is 15.2. The molecule has 0 saturated carbocycles. The van der Waals surface area contributed by atoms with Gasteiger partial charge in [0.05, 0.1) is 23.5 Å². The highest BCUT2D eigenvalue weighted by molar-refractivity contribution is 5.80. The summed E-state index contributed by atoms with van der Waals surface area (Å²) in [6.45, 7) is 1.74. The van der Waals surface area contributed by atoms with Crippen LogP contribution in [0.25, 0.3) is 5.57 Å². The molecule has 0 fully saturated rings. The maximum atomic E-state index is 11.6. The molecule has 0 aromatic heterocycles. The second-order valence-electron chi connectivity index (χ2n) is 5.25. The quantitative estimate of drug-likeness (QED) is 0.480. The molecule has 21 heavy (non-hydrogen) atoms. The molecule has 0 radical (unpaired) electrons. The van der Waals surface area contributed by atoms with Gasteiger partial charge in [0.1, 0.15) is 0 Å². The standard InChI is InChI=1S/C16H19NO4/c1-11(16(18)21-2)13-8-9-15(17(19)20)14(10-13)12-6-4-3-5-7-12/h6,8-11H,3-5,7H2,1-2H3. The molecule has 1 aromatic rings. The van der Waals surface area contributed by atoms with Crippen LogP contribution in [0.2, 0.25) is 0 Å². The number of ether oxygens (including phenoxy) is 1. The molecule has 0 amide bonds. The number of nitro groups is 1. The van der Waals surface area contributed by atoms with Crippen molar-refractivity contribution in [2.45, 2.75) is 38.5 Å². The predicted molar refractivity (Wildman–Crippen MR) is 80.0 cm³/mol. The lowest BCUT2D eigenvalue weighted by Crippen LogP contribution is -2.11. The van der Waals surface area contributed by atoms with Crippen LogP contribution in [0.5, 0.6) is 0 Å². The van der Waals surface area contributed by atoms with E-state index in [9.17, 15) is 14.9 Å². The van der Waals surface area contributed by atoms with Crippen molar-refractivity contribution in [3.05, 3.63) is 45.5 Å². The molecule has 0 spiro atoms. The third-order valence-electron chi connectivity index (χ3n) is 3.91. The number of carbonyl (C=O) groups is 1. The molecular formula is C16H19NO4. The van der Waals surface area contributed by atoms with Crippen LogP contribution in [0.1, 0.15) is 49.7 Å². The highest BCUT2D eigenvalue weighted by atomic mass is 16.6. The first-order valence-corrected chi connectivity index (χ1v) is 7.10. The lowest BCUT2D eigenvalue weighted by Gasteiger charge is -2.16. The fraction of sp³-hybridized carbons (Fsp3) is 0.438. The third-order valence-corrected chi connectivity index (χ3v) is 3.91. The molecule has 0 aliphatic heterocycles. The van der Waals surface area contributed by atoms with Crippen molar-refractivity contribution in [2.24, 2.45) is 0 Å². The Labute approximate surface area is 123 Å². The number of esters is 1. The highest BCUT2D eigenvalue weighted by Crippen LogP contribution is 2.35. The fourth-order valence-electron chi connectivity index (χ4n) is 2.64.